The molecular weight excluding hydrogens is 397 g/mol. The standard InChI is InChI=1S/C19H16Cl3NOS/c1-11(2)19-14(10-24-13-6-3-5-12(20)9-13)18(23-25-19)17-15(21)7-4-8-16(17)22/h3-9,11H,10H2,1-2H3. The number of hydrogen-bond donors (Lipinski definition) is 0. The molecule has 0 unspecified atom stereocenters. The number of rotatable bonds is 5. The Hall–Kier alpha value is -1.26. The minimum absolute atomic E-state index is 0.325. The van der Waals surface area contributed by atoms with E-state index in [-0.39, 0.29) is 0 Å². The van der Waals surface area contributed by atoms with Crippen molar-refractivity contribution in [3.05, 3.63) is 68.0 Å². The molecule has 0 fully saturated rings. The van der Waals surface area contributed by atoms with Crippen LogP contribution in [0.15, 0.2) is 42.5 Å². The maximum absolute atomic E-state index is 6.38. The molecule has 3 rings (SSSR count). The summed E-state index contributed by atoms with van der Waals surface area (Å²) in [4.78, 5) is 1.16. The molecule has 25 heavy (non-hydrogen) atoms. The molecule has 0 atom stereocenters. The van der Waals surface area contributed by atoms with Gasteiger partial charge in [-0.15, -0.1) is 0 Å². The fraction of sp³-hybridized carbons (Fsp3) is 0.211. The first-order chi connectivity index (χ1) is 12.0. The molecule has 0 aliphatic heterocycles. The normalized spacial score (nSPS) is 11.1. The number of benzene rings is 2. The number of nitrogens with zero attached hydrogens (tertiary/aromatic N) is 1. The Balaban J connectivity index is 2.01. The van der Waals surface area contributed by atoms with E-state index in [0.29, 0.717) is 33.3 Å². The molecular formula is C19H16Cl3NOS. The summed E-state index contributed by atoms with van der Waals surface area (Å²) in [7, 11) is 0. The zero-order valence-electron chi connectivity index (χ0n) is 13.7. The van der Waals surface area contributed by atoms with Gasteiger partial charge in [-0.3, -0.25) is 0 Å². The molecule has 0 radical (unpaired) electrons. The quantitative estimate of drug-likeness (QED) is 0.433. The molecule has 1 heterocycles. The van der Waals surface area contributed by atoms with E-state index < -0.39 is 0 Å². The van der Waals surface area contributed by atoms with Gasteiger partial charge in [0.2, 0.25) is 0 Å². The Morgan fingerprint density at radius 3 is 2.36 bits per heavy atom. The van der Waals surface area contributed by atoms with Crippen LogP contribution in [0.2, 0.25) is 15.1 Å². The van der Waals surface area contributed by atoms with Crippen LogP contribution in [0, 0.1) is 0 Å². The van der Waals surface area contributed by atoms with Crippen molar-refractivity contribution in [3.8, 4) is 17.0 Å². The molecule has 6 heteroatoms. The lowest BCUT2D eigenvalue weighted by Crippen LogP contribution is -2.01. The van der Waals surface area contributed by atoms with Crippen LogP contribution in [0.3, 0.4) is 0 Å². The van der Waals surface area contributed by atoms with E-state index in [9.17, 15) is 0 Å². The topological polar surface area (TPSA) is 22.1 Å². The number of ether oxygens (including phenoxy) is 1. The van der Waals surface area contributed by atoms with E-state index in [1.54, 1.807) is 6.07 Å². The molecule has 2 aromatic carbocycles. The van der Waals surface area contributed by atoms with Gasteiger partial charge in [0, 0.05) is 21.0 Å². The predicted octanol–water partition coefficient (Wildman–Crippen LogP) is 7.47. The fourth-order valence-corrected chi connectivity index (χ4v) is 4.17. The van der Waals surface area contributed by atoms with Gasteiger partial charge < -0.3 is 4.74 Å². The lowest BCUT2D eigenvalue weighted by molar-refractivity contribution is 0.305. The Labute approximate surface area is 166 Å². The van der Waals surface area contributed by atoms with Gasteiger partial charge >= 0.3 is 0 Å². The van der Waals surface area contributed by atoms with Crippen molar-refractivity contribution < 1.29 is 4.74 Å². The molecule has 0 amide bonds. The molecule has 0 bridgehead atoms. The number of halogens is 3. The summed E-state index contributed by atoms with van der Waals surface area (Å²) < 4.78 is 10.6. The first kappa shape index (κ1) is 18.5. The molecule has 0 N–H and O–H groups in total. The summed E-state index contributed by atoms with van der Waals surface area (Å²) >= 11 is 20.3. The van der Waals surface area contributed by atoms with E-state index in [1.807, 2.05) is 36.4 Å². The second kappa shape index (κ2) is 7.96. The summed E-state index contributed by atoms with van der Waals surface area (Å²) in [5.74, 6) is 1.04. The van der Waals surface area contributed by atoms with Crippen LogP contribution >= 0.6 is 46.3 Å². The summed E-state index contributed by atoms with van der Waals surface area (Å²) in [6, 6.07) is 12.8. The van der Waals surface area contributed by atoms with Crippen molar-refractivity contribution in [1.82, 2.24) is 4.37 Å². The van der Waals surface area contributed by atoms with E-state index >= 15 is 0 Å². The third-order valence-electron chi connectivity index (χ3n) is 3.72. The van der Waals surface area contributed by atoms with Crippen molar-refractivity contribution in [2.45, 2.75) is 26.4 Å². The fourth-order valence-electron chi connectivity index (χ4n) is 2.55. The maximum atomic E-state index is 6.38. The van der Waals surface area contributed by atoms with Crippen LogP contribution in [-0.4, -0.2) is 4.37 Å². The number of aromatic nitrogens is 1. The van der Waals surface area contributed by atoms with Crippen molar-refractivity contribution in [2.75, 3.05) is 0 Å². The average Bonchev–Trinajstić information content (AvgIpc) is 2.97. The molecule has 130 valence electrons. The molecule has 0 aliphatic carbocycles. The van der Waals surface area contributed by atoms with Crippen molar-refractivity contribution in [2.24, 2.45) is 0 Å². The lowest BCUT2D eigenvalue weighted by Gasteiger charge is -2.12. The zero-order valence-corrected chi connectivity index (χ0v) is 16.8. The second-order valence-corrected chi connectivity index (χ2v) is 7.93. The molecule has 0 aliphatic rings. The Bertz CT molecular complexity index is 872. The number of hydrogen-bond acceptors (Lipinski definition) is 3. The molecule has 1 aromatic heterocycles. The lowest BCUT2D eigenvalue weighted by atomic mass is 10.0. The van der Waals surface area contributed by atoms with Gasteiger partial charge in [-0.1, -0.05) is 60.8 Å². The second-order valence-electron chi connectivity index (χ2n) is 5.87. The minimum atomic E-state index is 0.325. The van der Waals surface area contributed by atoms with Gasteiger partial charge in [0.15, 0.2) is 0 Å². The van der Waals surface area contributed by atoms with Gasteiger partial charge in [-0.05, 0) is 47.8 Å². The monoisotopic (exact) mass is 411 g/mol. The first-order valence-corrected chi connectivity index (χ1v) is 9.69. The Morgan fingerprint density at radius 1 is 1.04 bits per heavy atom. The third kappa shape index (κ3) is 4.12. The van der Waals surface area contributed by atoms with Gasteiger partial charge in [0.05, 0.1) is 15.7 Å². The molecule has 0 saturated heterocycles. The van der Waals surface area contributed by atoms with Crippen LogP contribution in [-0.2, 0) is 6.61 Å². The zero-order chi connectivity index (χ0) is 18.0. The van der Waals surface area contributed by atoms with Crippen LogP contribution in [0.1, 0.15) is 30.2 Å². The van der Waals surface area contributed by atoms with Gasteiger partial charge in [0.1, 0.15) is 12.4 Å². The SMILES string of the molecule is CC(C)c1snc(-c2c(Cl)cccc2Cl)c1COc1cccc(Cl)c1. The minimum Gasteiger partial charge on any atom is -0.489 e. The summed E-state index contributed by atoms with van der Waals surface area (Å²) in [5, 5.41) is 1.80. The van der Waals surface area contributed by atoms with E-state index in [0.717, 1.165) is 21.7 Å². The van der Waals surface area contributed by atoms with Crippen molar-refractivity contribution >= 4 is 46.3 Å². The van der Waals surface area contributed by atoms with Crippen molar-refractivity contribution in [1.29, 1.82) is 0 Å². The molecule has 0 saturated carbocycles. The van der Waals surface area contributed by atoms with E-state index in [2.05, 4.69) is 18.2 Å². The van der Waals surface area contributed by atoms with Crippen LogP contribution in [0.25, 0.3) is 11.3 Å². The summed E-state index contributed by atoms with van der Waals surface area (Å²) in [6.07, 6.45) is 0. The Morgan fingerprint density at radius 2 is 1.72 bits per heavy atom. The third-order valence-corrected chi connectivity index (χ3v) is 5.78. The van der Waals surface area contributed by atoms with Crippen LogP contribution < -0.4 is 4.74 Å². The maximum Gasteiger partial charge on any atom is 0.121 e. The van der Waals surface area contributed by atoms with E-state index in [4.69, 9.17) is 39.5 Å². The van der Waals surface area contributed by atoms with Gasteiger partial charge in [-0.2, -0.15) is 4.37 Å². The molecule has 2 nitrogen and oxygen atoms in total. The predicted molar refractivity (Wildman–Crippen MR) is 107 cm³/mol. The highest BCUT2D eigenvalue weighted by Crippen LogP contribution is 2.40. The highest BCUT2D eigenvalue weighted by atomic mass is 35.5. The molecule has 0 spiro atoms. The smallest absolute Gasteiger partial charge is 0.121 e. The van der Waals surface area contributed by atoms with Crippen molar-refractivity contribution in [3.63, 3.8) is 0 Å². The summed E-state index contributed by atoms with van der Waals surface area (Å²) in [5.41, 5.74) is 2.54. The first-order valence-electron chi connectivity index (χ1n) is 7.78. The van der Waals surface area contributed by atoms with E-state index in [1.165, 1.54) is 11.5 Å². The average molecular weight is 413 g/mol. The van der Waals surface area contributed by atoms with Gasteiger partial charge in [0.25, 0.3) is 0 Å². The van der Waals surface area contributed by atoms with Crippen LogP contribution in [0.4, 0.5) is 0 Å². The largest absolute Gasteiger partial charge is 0.489 e. The summed E-state index contributed by atoms with van der Waals surface area (Å²) in [6.45, 7) is 4.64. The van der Waals surface area contributed by atoms with Gasteiger partial charge in [-0.25, -0.2) is 0 Å². The van der Waals surface area contributed by atoms with Crippen LogP contribution in [0.5, 0.6) is 5.75 Å². The molecule has 3 aromatic rings. The Kier molecular flexibility index (Phi) is 5.90. The highest BCUT2D eigenvalue weighted by Gasteiger charge is 2.21. The highest BCUT2D eigenvalue weighted by molar-refractivity contribution is 7.06.